The summed E-state index contributed by atoms with van der Waals surface area (Å²) in [6, 6.07) is 7.73. The number of rotatable bonds is 6. The second kappa shape index (κ2) is 7.62. The third kappa shape index (κ3) is 5.46. The first kappa shape index (κ1) is 14.4. The molecule has 0 spiro atoms. The number of halogens is 1. The van der Waals surface area contributed by atoms with Gasteiger partial charge < -0.3 is 5.32 Å². The highest BCUT2D eigenvalue weighted by Gasteiger charge is 2.08. The van der Waals surface area contributed by atoms with Gasteiger partial charge in [-0.25, -0.2) is 0 Å². The van der Waals surface area contributed by atoms with Gasteiger partial charge in [0.2, 0.25) is 5.91 Å². The third-order valence-electron chi connectivity index (χ3n) is 2.54. The topological polar surface area (TPSA) is 29.1 Å². The molecular weight excluding hydrogens is 254 g/mol. The molecule has 1 amide bonds. The highest BCUT2D eigenvalue weighted by atomic mass is 35.5. The highest BCUT2D eigenvalue weighted by Crippen LogP contribution is 2.19. The first-order valence-corrected chi connectivity index (χ1v) is 7.16. The normalized spacial score (nSPS) is 12.2. The van der Waals surface area contributed by atoms with Gasteiger partial charge in [-0.05, 0) is 30.7 Å². The van der Waals surface area contributed by atoms with Crippen LogP contribution in [0.15, 0.2) is 29.2 Å². The van der Waals surface area contributed by atoms with Crippen molar-refractivity contribution < 1.29 is 4.79 Å². The average molecular weight is 272 g/mol. The van der Waals surface area contributed by atoms with Crippen LogP contribution < -0.4 is 5.32 Å². The molecule has 1 aromatic carbocycles. The van der Waals surface area contributed by atoms with Gasteiger partial charge in [-0.15, -0.1) is 11.8 Å². The van der Waals surface area contributed by atoms with Crippen LogP contribution in [-0.2, 0) is 4.79 Å². The fraction of sp³-hybridized carbons (Fsp3) is 0.462. The van der Waals surface area contributed by atoms with E-state index in [9.17, 15) is 4.79 Å². The van der Waals surface area contributed by atoms with Gasteiger partial charge in [-0.3, -0.25) is 4.79 Å². The van der Waals surface area contributed by atoms with Gasteiger partial charge in [0.1, 0.15) is 0 Å². The summed E-state index contributed by atoms with van der Waals surface area (Å²) < 4.78 is 0. The van der Waals surface area contributed by atoms with Crippen molar-refractivity contribution in [3.8, 4) is 0 Å². The zero-order valence-electron chi connectivity index (χ0n) is 10.2. The molecular formula is C13H18ClNOS. The molecule has 4 heteroatoms. The summed E-state index contributed by atoms with van der Waals surface area (Å²) in [7, 11) is 0. The summed E-state index contributed by atoms with van der Waals surface area (Å²) in [6.07, 6.45) is 0.885. The van der Waals surface area contributed by atoms with Gasteiger partial charge >= 0.3 is 0 Å². The van der Waals surface area contributed by atoms with E-state index < -0.39 is 0 Å². The zero-order chi connectivity index (χ0) is 12.7. The van der Waals surface area contributed by atoms with Crippen LogP contribution in [0, 0.1) is 5.92 Å². The number of carbonyl (C=O) groups is 1. The average Bonchev–Trinajstić information content (AvgIpc) is 2.35. The Morgan fingerprint density at radius 2 is 2.06 bits per heavy atom. The van der Waals surface area contributed by atoms with Crippen molar-refractivity contribution in [1.29, 1.82) is 0 Å². The lowest BCUT2D eigenvalue weighted by Crippen LogP contribution is -2.30. The molecule has 1 aromatic rings. The van der Waals surface area contributed by atoms with Gasteiger partial charge in [0.15, 0.2) is 0 Å². The molecule has 0 aliphatic rings. The van der Waals surface area contributed by atoms with E-state index in [0.29, 0.717) is 6.54 Å². The molecule has 0 aliphatic carbocycles. The van der Waals surface area contributed by atoms with E-state index >= 15 is 0 Å². The number of hydrogen-bond acceptors (Lipinski definition) is 2. The lowest BCUT2D eigenvalue weighted by atomic mass is 10.1. The van der Waals surface area contributed by atoms with Crippen LogP contribution in [-0.4, -0.2) is 18.2 Å². The van der Waals surface area contributed by atoms with Crippen LogP contribution in [0.3, 0.4) is 0 Å². The molecule has 1 atom stereocenters. The Morgan fingerprint density at radius 3 is 2.65 bits per heavy atom. The third-order valence-corrected chi connectivity index (χ3v) is 3.81. The fourth-order valence-corrected chi connectivity index (χ4v) is 2.13. The molecule has 0 bridgehead atoms. The van der Waals surface area contributed by atoms with Gasteiger partial charge in [0.25, 0.3) is 0 Å². The first-order chi connectivity index (χ1) is 8.13. The van der Waals surface area contributed by atoms with Gasteiger partial charge in [0.05, 0.1) is 0 Å². The maximum atomic E-state index is 11.5. The Kier molecular flexibility index (Phi) is 6.45. The fourth-order valence-electron chi connectivity index (χ4n) is 1.23. The summed E-state index contributed by atoms with van der Waals surface area (Å²) in [5.41, 5.74) is 0. The van der Waals surface area contributed by atoms with Gasteiger partial charge in [-0.2, -0.15) is 0 Å². The first-order valence-electron chi connectivity index (χ1n) is 5.79. The molecule has 17 heavy (non-hydrogen) atoms. The maximum absolute atomic E-state index is 11.5. The Morgan fingerprint density at radius 1 is 1.41 bits per heavy atom. The quantitative estimate of drug-likeness (QED) is 0.633. The number of nitrogens with one attached hydrogen (secondary N) is 1. The molecule has 0 saturated heterocycles. The summed E-state index contributed by atoms with van der Waals surface area (Å²) in [6.45, 7) is 4.67. The lowest BCUT2D eigenvalue weighted by Gasteiger charge is -2.09. The van der Waals surface area contributed by atoms with E-state index in [1.54, 1.807) is 11.8 Å². The van der Waals surface area contributed by atoms with Gasteiger partial charge in [0, 0.05) is 28.1 Å². The number of hydrogen-bond donors (Lipinski definition) is 1. The molecule has 0 fully saturated rings. The Bertz CT molecular complexity index is 353. The van der Waals surface area contributed by atoms with Crippen molar-refractivity contribution >= 4 is 29.3 Å². The molecule has 0 aliphatic heterocycles. The largest absolute Gasteiger partial charge is 0.355 e. The van der Waals surface area contributed by atoms with Crippen molar-refractivity contribution in [3.63, 3.8) is 0 Å². The zero-order valence-corrected chi connectivity index (χ0v) is 11.8. The van der Waals surface area contributed by atoms with Crippen LogP contribution >= 0.6 is 23.4 Å². The van der Waals surface area contributed by atoms with E-state index in [1.807, 2.05) is 38.1 Å². The summed E-state index contributed by atoms with van der Waals surface area (Å²) in [4.78, 5) is 12.7. The SMILES string of the molecule is CCC(C)C(=O)NCCSc1ccc(Cl)cc1. The number of thioether (sulfide) groups is 1. The van der Waals surface area contributed by atoms with Crippen LogP contribution in [0.5, 0.6) is 0 Å². The maximum Gasteiger partial charge on any atom is 0.222 e. The van der Waals surface area contributed by atoms with E-state index in [-0.39, 0.29) is 11.8 Å². The van der Waals surface area contributed by atoms with Crippen molar-refractivity contribution in [2.75, 3.05) is 12.3 Å². The van der Waals surface area contributed by atoms with Crippen molar-refractivity contribution in [2.45, 2.75) is 25.2 Å². The second-order valence-electron chi connectivity index (χ2n) is 3.90. The minimum absolute atomic E-state index is 0.107. The van der Waals surface area contributed by atoms with Crippen LogP contribution in [0.4, 0.5) is 0 Å². The molecule has 0 radical (unpaired) electrons. The summed E-state index contributed by atoms with van der Waals surface area (Å²) in [5.74, 6) is 1.13. The molecule has 0 aromatic heterocycles. The Balaban J connectivity index is 2.20. The van der Waals surface area contributed by atoms with Crippen LogP contribution in [0.25, 0.3) is 0 Å². The summed E-state index contributed by atoms with van der Waals surface area (Å²) in [5, 5.41) is 3.68. The lowest BCUT2D eigenvalue weighted by molar-refractivity contribution is -0.124. The predicted molar refractivity (Wildman–Crippen MR) is 74.6 cm³/mol. The van der Waals surface area contributed by atoms with Crippen LogP contribution in [0.1, 0.15) is 20.3 Å². The smallest absolute Gasteiger partial charge is 0.222 e. The number of amides is 1. The molecule has 0 saturated carbocycles. The molecule has 2 nitrogen and oxygen atoms in total. The van der Waals surface area contributed by atoms with E-state index in [2.05, 4.69) is 5.32 Å². The summed E-state index contributed by atoms with van der Waals surface area (Å²) >= 11 is 7.52. The van der Waals surface area contributed by atoms with E-state index in [1.165, 1.54) is 4.90 Å². The molecule has 1 N–H and O–H groups in total. The Hall–Kier alpha value is -0.670. The molecule has 94 valence electrons. The van der Waals surface area contributed by atoms with Crippen molar-refractivity contribution in [2.24, 2.45) is 5.92 Å². The minimum atomic E-state index is 0.107. The molecule has 1 unspecified atom stereocenters. The Labute approximate surface area is 112 Å². The standard InChI is InChI=1S/C13H18ClNOS/c1-3-10(2)13(16)15-8-9-17-12-6-4-11(14)5-7-12/h4-7,10H,3,8-9H2,1-2H3,(H,15,16). The predicted octanol–water partition coefficient (Wildman–Crippen LogP) is 3.59. The minimum Gasteiger partial charge on any atom is -0.355 e. The molecule has 0 heterocycles. The molecule has 1 rings (SSSR count). The highest BCUT2D eigenvalue weighted by molar-refractivity contribution is 7.99. The van der Waals surface area contributed by atoms with Crippen LogP contribution in [0.2, 0.25) is 5.02 Å². The van der Waals surface area contributed by atoms with Crippen molar-refractivity contribution in [1.82, 2.24) is 5.32 Å². The second-order valence-corrected chi connectivity index (χ2v) is 5.51. The van der Waals surface area contributed by atoms with E-state index in [4.69, 9.17) is 11.6 Å². The van der Waals surface area contributed by atoms with E-state index in [0.717, 1.165) is 17.2 Å². The monoisotopic (exact) mass is 271 g/mol. The number of carbonyl (C=O) groups excluding carboxylic acids is 1. The van der Waals surface area contributed by atoms with Gasteiger partial charge in [-0.1, -0.05) is 25.4 Å². The number of benzene rings is 1. The van der Waals surface area contributed by atoms with Crippen molar-refractivity contribution in [3.05, 3.63) is 29.3 Å².